The van der Waals surface area contributed by atoms with Gasteiger partial charge in [0.15, 0.2) is 10.3 Å². The van der Waals surface area contributed by atoms with Gasteiger partial charge in [0.2, 0.25) is 0 Å². The Labute approximate surface area is 115 Å². The Hall–Kier alpha value is -1.26. The second-order valence-electron chi connectivity index (χ2n) is 4.03. The van der Waals surface area contributed by atoms with E-state index in [-0.39, 0.29) is 6.04 Å². The van der Waals surface area contributed by atoms with Crippen LogP contribution in [0.5, 0.6) is 0 Å². The minimum Gasteiger partial charge on any atom is -0.469 e. The lowest BCUT2D eigenvalue weighted by Crippen LogP contribution is -2.16. The molecule has 0 fully saturated rings. The normalized spacial score (nSPS) is 12.4. The standard InChI is InChI=1S/C12H13Cl2N3O/c1-8(4-5-9-3-2-6-18-9)15-10-7-11(13)16-17-12(10)14/h2-3,6-8H,4-5H2,1H3,(H,15,16). The van der Waals surface area contributed by atoms with Crippen molar-refractivity contribution in [3.63, 3.8) is 0 Å². The van der Waals surface area contributed by atoms with Crippen LogP contribution < -0.4 is 5.32 Å². The quantitative estimate of drug-likeness (QED) is 0.908. The van der Waals surface area contributed by atoms with Gasteiger partial charge in [-0.25, -0.2) is 0 Å². The third-order valence-electron chi connectivity index (χ3n) is 2.52. The molecule has 0 aliphatic heterocycles. The predicted octanol–water partition coefficient (Wildman–Crippen LogP) is 3.81. The van der Waals surface area contributed by atoms with Gasteiger partial charge in [-0.2, -0.15) is 0 Å². The fraction of sp³-hybridized carbons (Fsp3) is 0.333. The third kappa shape index (κ3) is 3.62. The van der Waals surface area contributed by atoms with Crippen LogP contribution >= 0.6 is 23.2 Å². The van der Waals surface area contributed by atoms with E-state index in [1.54, 1.807) is 12.3 Å². The van der Waals surface area contributed by atoms with Gasteiger partial charge in [-0.3, -0.25) is 0 Å². The van der Waals surface area contributed by atoms with Crippen LogP contribution in [0, 0.1) is 0 Å². The Morgan fingerprint density at radius 3 is 2.94 bits per heavy atom. The van der Waals surface area contributed by atoms with Crippen molar-refractivity contribution in [1.82, 2.24) is 10.2 Å². The molecule has 2 aromatic rings. The molecule has 0 aliphatic carbocycles. The van der Waals surface area contributed by atoms with Gasteiger partial charge in [0, 0.05) is 18.5 Å². The summed E-state index contributed by atoms with van der Waals surface area (Å²) in [6.45, 7) is 2.06. The van der Waals surface area contributed by atoms with Crippen LogP contribution in [0.2, 0.25) is 10.3 Å². The molecule has 0 saturated heterocycles. The second kappa shape index (κ2) is 6.07. The van der Waals surface area contributed by atoms with Crippen LogP contribution in [-0.4, -0.2) is 16.2 Å². The van der Waals surface area contributed by atoms with Gasteiger partial charge in [0.25, 0.3) is 0 Å². The number of nitrogens with one attached hydrogen (secondary N) is 1. The number of anilines is 1. The Morgan fingerprint density at radius 1 is 1.39 bits per heavy atom. The molecular weight excluding hydrogens is 273 g/mol. The first kappa shape index (κ1) is 13.2. The van der Waals surface area contributed by atoms with Crippen molar-refractivity contribution in [2.24, 2.45) is 0 Å². The zero-order chi connectivity index (χ0) is 13.0. The number of aromatic nitrogens is 2. The molecule has 0 bridgehead atoms. The Balaban J connectivity index is 1.90. The number of hydrogen-bond donors (Lipinski definition) is 1. The Morgan fingerprint density at radius 2 is 2.22 bits per heavy atom. The van der Waals surface area contributed by atoms with Crippen LogP contribution in [0.15, 0.2) is 28.9 Å². The number of furan rings is 1. The van der Waals surface area contributed by atoms with E-state index in [1.165, 1.54) is 0 Å². The molecule has 1 N–H and O–H groups in total. The van der Waals surface area contributed by atoms with Gasteiger partial charge in [-0.1, -0.05) is 23.2 Å². The molecule has 0 radical (unpaired) electrons. The molecule has 6 heteroatoms. The molecule has 96 valence electrons. The molecule has 0 spiro atoms. The molecule has 0 aromatic carbocycles. The van der Waals surface area contributed by atoms with E-state index < -0.39 is 0 Å². The number of nitrogens with zero attached hydrogens (tertiary/aromatic N) is 2. The molecule has 2 heterocycles. The predicted molar refractivity (Wildman–Crippen MR) is 72.2 cm³/mol. The summed E-state index contributed by atoms with van der Waals surface area (Å²) in [4.78, 5) is 0. The summed E-state index contributed by atoms with van der Waals surface area (Å²) < 4.78 is 5.28. The maximum atomic E-state index is 5.93. The first-order valence-corrected chi connectivity index (χ1v) is 6.38. The van der Waals surface area contributed by atoms with E-state index in [9.17, 15) is 0 Å². The molecule has 2 aromatic heterocycles. The van der Waals surface area contributed by atoms with Crippen molar-refractivity contribution in [2.75, 3.05) is 5.32 Å². The van der Waals surface area contributed by atoms with Gasteiger partial charge in [-0.05, 0) is 25.5 Å². The summed E-state index contributed by atoms with van der Waals surface area (Å²) in [5.74, 6) is 0.973. The van der Waals surface area contributed by atoms with Crippen LogP contribution in [0.1, 0.15) is 19.1 Å². The molecule has 1 atom stereocenters. The molecule has 0 amide bonds. The number of halogens is 2. The highest BCUT2D eigenvalue weighted by Crippen LogP contribution is 2.22. The monoisotopic (exact) mass is 285 g/mol. The highest BCUT2D eigenvalue weighted by atomic mass is 35.5. The van der Waals surface area contributed by atoms with Crippen molar-refractivity contribution in [1.29, 1.82) is 0 Å². The van der Waals surface area contributed by atoms with Crippen molar-refractivity contribution in [3.05, 3.63) is 40.5 Å². The lowest BCUT2D eigenvalue weighted by atomic mass is 10.1. The smallest absolute Gasteiger partial charge is 0.174 e. The van der Waals surface area contributed by atoms with Crippen molar-refractivity contribution in [2.45, 2.75) is 25.8 Å². The van der Waals surface area contributed by atoms with Crippen LogP contribution in [0.3, 0.4) is 0 Å². The summed E-state index contributed by atoms with van der Waals surface area (Å²) in [6, 6.07) is 5.75. The Bertz CT molecular complexity index is 502. The van der Waals surface area contributed by atoms with E-state index in [4.69, 9.17) is 27.6 Å². The van der Waals surface area contributed by atoms with E-state index in [0.29, 0.717) is 16.0 Å². The highest BCUT2D eigenvalue weighted by Gasteiger charge is 2.08. The van der Waals surface area contributed by atoms with E-state index in [0.717, 1.165) is 18.6 Å². The maximum Gasteiger partial charge on any atom is 0.174 e. The topological polar surface area (TPSA) is 51.0 Å². The molecule has 0 saturated carbocycles. The second-order valence-corrected chi connectivity index (χ2v) is 4.78. The van der Waals surface area contributed by atoms with E-state index in [2.05, 4.69) is 22.4 Å². The largest absolute Gasteiger partial charge is 0.469 e. The summed E-state index contributed by atoms with van der Waals surface area (Å²) in [6.07, 6.45) is 3.46. The van der Waals surface area contributed by atoms with Crippen LogP contribution in [-0.2, 0) is 6.42 Å². The average Bonchev–Trinajstić information content (AvgIpc) is 2.84. The molecular formula is C12H13Cl2N3O. The molecule has 1 unspecified atom stereocenters. The fourth-order valence-electron chi connectivity index (χ4n) is 1.61. The third-order valence-corrected chi connectivity index (χ3v) is 2.99. The van der Waals surface area contributed by atoms with Gasteiger partial charge in [-0.15, -0.1) is 10.2 Å². The fourth-order valence-corrected chi connectivity index (χ4v) is 1.90. The molecule has 2 rings (SSSR count). The van der Waals surface area contributed by atoms with Gasteiger partial charge in [0.05, 0.1) is 12.0 Å². The van der Waals surface area contributed by atoms with E-state index in [1.807, 2.05) is 12.1 Å². The minimum atomic E-state index is 0.230. The van der Waals surface area contributed by atoms with Crippen molar-refractivity contribution < 1.29 is 4.42 Å². The van der Waals surface area contributed by atoms with Crippen molar-refractivity contribution >= 4 is 28.9 Å². The first-order valence-electron chi connectivity index (χ1n) is 5.63. The lowest BCUT2D eigenvalue weighted by molar-refractivity contribution is 0.495. The minimum absolute atomic E-state index is 0.230. The van der Waals surface area contributed by atoms with E-state index >= 15 is 0 Å². The van der Waals surface area contributed by atoms with Crippen molar-refractivity contribution in [3.8, 4) is 0 Å². The summed E-state index contributed by atoms with van der Waals surface area (Å²) >= 11 is 11.7. The van der Waals surface area contributed by atoms with Gasteiger partial charge >= 0.3 is 0 Å². The van der Waals surface area contributed by atoms with Gasteiger partial charge < -0.3 is 9.73 Å². The SMILES string of the molecule is CC(CCc1ccco1)Nc1cc(Cl)nnc1Cl. The molecule has 4 nitrogen and oxygen atoms in total. The number of aryl methyl sites for hydroxylation is 1. The Kier molecular flexibility index (Phi) is 4.44. The molecule has 18 heavy (non-hydrogen) atoms. The zero-order valence-electron chi connectivity index (χ0n) is 9.86. The summed E-state index contributed by atoms with van der Waals surface area (Å²) in [7, 11) is 0. The summed E-state index contributed by atoms with van der Waals surface area (Å²) in [5, 5.41) is 11.3. The zero-order valence-corrected chi connectivity index (χ0v) is 11.4. The van der Waals surface area contributed by atoms with Crippen LogP contribution in [0.4, 0.5) is 5.69 Å². The average molecular weight is 286 g/mol. The highest BCUT2D eigenvalue weighted by molar-refractivity contribution is 6.33. The maximum absolute atomic E-state index is 5.93. The lowest BCUT2D eigenvalue weighted by Gasteiger charge is -2.15. The number of rotatable bonds is 5. The first-order chi connectivity index (χ1) is 8.65. The van der Waals surface area contributed by atoms with Crippen LogP contribution in [0.25, 0.3) is 0 Å². The number of hydrogen-bond acceptors (Lipinski definition) is 4. The molecule has 0 aliphatic rings. The summed E-state index contributed by atoms with van der Waals surface area (Å²) in [5.41, 5.74) is 0.698. The van der Waals surface area contributed by atoms with Gasteiger partial charge in [0.1, 0.15) is 5.76 Å².